The van der Waals surface area contributed by atoms with Crippen LogP contribution in [0.25, 0.3) is 22.4 Å². The van der Waals surface area contributed by atoms with Gasteiger partial charge in [-0.05, 0) is 31.2 Å². The fraction of sp³-hybridized carbons (Fsp3) is 0.436. The van der Waals surface area contributed by atoms with Crippen molar-refractivity contribution >= 4 is 53.4 Å². The zero-order valence-electron chi connectivity index (χ0n) is 33.2. The van der Waals surface area contributed by atoms with Crippen LogP contribution in [0, 0.1) is 24.5 Å². The van der Waals surface area contributed by atoms with Crippen molar-refractivity contribution in [3.8, 4) is 22.4 Å². The first-order valence-electron chi connectivity index (χ1n) is 18.0. The number of hydrogen-bond acceptors (Lipinski definition) is 8. The molecule has 6 rings (SSSR count). The number of carbonyl (C=O) groups is 4. The zero-order valence-corrected chi connectivity index (χ0v) is 34.7. The largest absolute Gasteiger partial charge is 0.388 e. The number of halogens is 4. The molecule has 0 bridgehead atoms. The number of amides is 3. The molecule has 2 aromatic carbocycles. The molecule has 0 spiro atoms. The smallest absolute Gasteiger partial charge is 0.291 e. The number of methoxy groups -OCH3 is 2. The Morgan fingerprint density at radius 3 is 2.18 bits per heavy atom. The molecular weight excluding hydrogens is 785 g/mol. The average Bonchev–Trinajstić information content (AvgIpc) is 3.85. The van der Waals surface area contributed by atoms with E-state index in [4.69, 9.17) is 32.7 Å². The second-order valence-electron chi connectivity index (χ2n) is 14.3. The molecular formula is C39H49Cl2F2N8O6+. The third-order valence-electron chi connectivity index (χ3n) is 9.98. The van der Waals surface area contributed by atoms with Crippen LogP contribution in [0.2, 0.25) is 10.2 Å². The number of hydrogen-bond donors (Lipinski definition) is 1. The Kier molecular flexibility index (Phi) is 15.5. The average molecular weight is 835 g/mol. The second kappa shape index (κ2) is 19.6. The Morgan fingerprint density at radius 2 is 1.58 bits per heavy atom. The normalized spacial score (nSPS) is 16.0. The Hall–Kier alpha value is -4.74. The molecule has 4 aromatic rings. The van der Waals surface area contributed by atoms with Crippen LogP contribution in [-0.2, 0) is 32.7 Å². The Morgan fingerprint density at radius 1 is 0.965 bits per heavy atom. The summed E-state index contributed by atoms with van der Waals surface area (Å²) in [5.41, 5.74) is 1.47. The molecule has 2 aliphatic heterocycles. The highest BCUT2D eigenvalue weighted by atomic mass is 35.5. The standard InChI is InChI=1S/C36H40Cl2F2N8O4.C2H6O.CH2O/c1-21-27(19-41-47(21)15-17-52-5)24-8-9-26(30(40)29(24)39)31-32(38)43-33(44(31)2)34(49)42-23-6-7-25(28(37)18-23)36(51)46-13-11-45(12-14-46)35(50)22-10-16-48(3,4)20-22;1-3-2;1-2/h6-9,18-19,22H,10-17,20H2,1-5H3;1-2H3;1H2/p+1. The van der Waals surface area contributed by atoms with E-state index in [-0.39, 0.29) is 61.8 Å². The number of aromatic nitrogens is 4. The van der Waals surface area contributed by atoms with E-state index in [2.05, 4.69) is 34.2 Å². The van der Waals surface area contributed by atoms with Gasteiger partial charge in [0.05, 0.1) is 68.7 Å². The number of nitrogens with zero attached hydrogens (tertiary/aromatic N) is 7. The van der Waals surface area contributed by atoms with Gasteiger partial charge < -0.3 is 38.4 Å². The van der Waals surface area contributed by atoms with E-state index in [1.54, 1.807) is 37.8 Å². The number of rotatable bonds is 9. The minimum absolute atomic E-state index is 0.00861. The number of nitrogens with one attached hydrogen (secondary N) is 1. The van der Waals surface area contributed by atoms with Crippen molar-refractivity contribution in [3.63, 3.8) is 0 Å². The number of benzene rings is 2. The summed E-state index contributed by atoms with van der Waals surface area (Å²) < 4.78 is 44.3. The van der Waals surface area contributed by atoms with E-state index in [1.165, 1.54) is 48.1 Å². The van der Waals surface area contributed by atoms with Crippen LogP contribution in [0.4, 0.5) is 14.5 Å². The van der Waals surface area contributed by atoms with Crippen molar-refractivity contribution in [2.75, 3.05) is 86.6 Å². The lowest BCUT2D eigenvalue weighted by Crippen LogP contribution is -2.52. The van der Waals surface area contributed by atoms with Crippen LogP contribution in [-0.4, -0.2) is 139 Å². The lowest BCUT2D eigenvalue weighted by molar-refractivity contribution is -0.878. The summed E-state index contributed by atoms with van der Waals surface area (Å²) in [4.78, 5) is 55.4. The van der Waals surface area contributed by atoms with Gasteiger partial charge in [-0.25, -0.2) is 13.8 Å². The van der Waals surface area contributed by atoms with Crippen molar-refractivity contribution < 1.29 is 41.9 Å². The first kappa shape index (κ1) is 45.0. The molecule has 0 radical (unpaired) electrons. The summed E-state index contributed by atoms with van der Waals surface area (Å²) in [5.74, 6) is -3.21. The van der Waals surface area contributed by atoms with Gasteiger partial charge in [0.2, 0.25) is 11.7 Å². The van der Waals surface area contributed by atoms with E-state index >= 15 is 8.78 Å². The molecule has 1 unspecified atom stereocenters. The quantitative estimate of drug-likeness (QED) is 0.227. The summed E-state index contributed by atoms with van der Waals surface area (Å²) in [7, 11) is 10.5. The first-order chi connectivity index (χ1) is 27.1. The molecule has 0 aliphatic carbocycles. The number of likely N-dealkylation sites (tertiary alicyclic amines) is 1. The maximum Gasteiger partial charge on any atom is 0.291 e. The summed E-state index contributed by atoms with van der Waals surface area (Å²) in [6.07, 6.45) is 2.34. The van der Waals surface area contributed by atoms with Crippen LogP contribution < -0.4 is 5.32 Å². The first-order valence-corrected chi connectivity index (χ1v) is 18.8. The Balaban J connectivity index is 0.00000137. The van der Waals surface area contributed by atoms with Crippen molar-refractivity contribution in [1.29, 1.82) is 0 Å². The van der Waals surface area contributed by atoms with Crippen LogP contribution in [0.3, 0.4) is 0 Å². The predicted molar refractivity (Wildman–Crippen MR) is 213 cm³/mol. The Labute approximate surface area is 340 Å². The van der Waals surface area contributed by atoms with Crippen molar-refractivity contribution in [2.24, 2.45) is 13.0 Å². The van der Waals surface area contributed by atoms with Crippen LogP contribution in [0.15, 0.2) is 36.5 Å². The summed E-state index contributed by atoms with van der Waals surface area (Å²) in [6, 6.07) is 7.33. The third-order valence-corrected chi connectivity index (χ3v) is 10.6. The molecule has 308 valence electrons. The van der Waals surface area contributed by atoms with Gasteiger partial charge in [-0.3, -0.25) is 19.1 Å². The van der Waals surface area contributed by atoms with Gasteiger partial charge in [0.1, 0.15) is 6.79 Å². The van der Waals surface area contributed by atoms with Gasteiger partial charge in [-0.2, -0.15) is 5.10 Å². The van der Waals surface area contributed by atoms with Gasteiger partial charge in [-0.15, -0.1) is 0 Å². The molecule has 1 atom stereocenters. The van der Waals surface area contributed by atoms with Gasteiger partial charge >= 0.3 is 0 Å². The SMILES string of the molecule is C=O.COC.COCCn1ncc(-c2ccc(-c3c(Cl)nc(C(=O)Nc4ccc(C(=O)N5CCN(C(=O)C6CC[N+](C)(C)C6)CC5)c(Cl)c4)n3C)c(F)c2F)c1C. The predicted octanol–water partition coefficient (Wildman–Crippen LogP) is 5.20. The number of imidazole rings is 1. The summed E-state index contributed by atoms with van der Waals surface area (Å²) in [5, 5.41) is 6.87. The molecule has 2 aliphatic rings. The highest BCUT2D eigenvalue weighted by Crippen LogP contribution is 2.36. The summed E-state index contributed by atoms with van der Waals surface area (Å²) >= 11 is 12.9. The molecule has 1 N–H and O–H groups in total. The molecule has 2 aromatic heterocycles. The van der Waals surface area contributed by atoms with Crippen molar-refractivity contribution in [3.05, 3.63) is 75.4 Å². The second-order valence-corrected chi connectivity index (χ2v) is 15.0. The lowest BCUT2D eigenvalue weighted by atomic mass is 10.0. The van der Waals surface area contributed by atoms with Gasteiger partial charge in [0.15, 0.2) is 16.8 Å². The molecule has 2 fully saturated rings. The Bertz CT molecular complexity index is 2080. The fourth-order valence-electron chi connectivity index (χ4n) is 7.01. The zero-order chi connectivity index (χ0) is 42.2. The molecule has 3 amide bonds. The number of ether oxygens (including phenoxy) is 2. The van der Waals surface area contributed by atoms with E-state index in [0.717, 1.165) is 24.0 Å². The van der Waals surface area contributed by atoms with Crippen molar-refractivity contribution in [1.82, 2.24) is 29.1 Å². The highest BCUT2D eigenvalue weighted by molar-refractivity contribution is 6.34. The van der Waals surface area contributed by atoms with Gasteiger partial charge in [0, 0.05) is 89.0 Å². The minimum Gasteiger partial charge on any atom is -0.388 e. The maximum absolute atomic E-state index is 15.6. The fourth-order valence-corrected chi connectivity index (χ4v) is 7.58. The number of piperazine rings is 1. The van der Waals surface area contributed by atoms with Gasteiger partial charge in [-0.1, -0.05) is 29.3 Å². The molecule has 57 heavy (non-hydrogen) atoms. The molecule has 18 heteroatoms. The van der Waals surface area contributed by atoms with Gasteiger partial charge in [0.25, 0.3) is 11.8 Å². The maximum atomic E-state index is 15.6. The molecule has 2 saturated heterocycles. The lowest BCUT2D eigenvalue weighted by Gasteiger charge is -2.36. The highest BCUT2D eigenvalue weighted by Gasteiger charge is 2.39. The summed E-state index contributed by atoms with van der Waals surface area (Å²) in [6.45, 7) is 8.10. The van der Waals surface area contributed by atoms with E-state index in [9.17, 15) is 14.4 Å². The topological polar surface area (TPSA) is 141 Å². The molecule has 0 saturated carbocycles. The van der Waals surface area contributed by atoms with E-state index in [0.29, 0.717) is 50.6 Å². The molecule has 4 heterocycles. The molecule has 14 nitrogen and oxygen atoms in total. The van der Waals surface area contributed by atoms with E-state index in [1.807, 2.05) is 11.7 Å². The van der Waals surface area contributed by atoms with Crippen LogP contribution in [0.1, 0.15) is 33.1 Å². The minimum atomic E-state index is -1.16. The third kappa shape index (κ3) is 10.0. The number of quaternary nitrogens is 1. The number of anilines is 1. The monoisotopic (exact) mass is 833 g/mol. The van der Waals surface area contributed by atoms with Crippen LogP contribution in [0.5, 0.6) is 0 Å². The van der Waals surface area contributed by atoms with Crippen LogP contribution >= 0.6 is 23.2 Å². The van der Waals surface area contributed by atoms with Crippen molar-refractivity contribution in [2.45, 2.75) is 19.9 Å². The number of carbonyl (C=O) groups excluding carboxylic acids is 4. The van der Waals surface area contributed by atoms with E-state index < -0.39 is 17.5 Å².